The van der Waals surface area contributed by atoms with Gasteiger partial charge < -0.3 is 0 Å². The van der Waals surface area contributed by atoms with Gasteiger partial charge in [-0.3, -0.25) is 4.79 Å². The van der Waals surface area contributed by atoms with E-state index in [0.717, 1.165) is 0 Å². The van der Waals surface area contributed by atoms with Crippen molar-refractivity contribution in [3.8, 4) is 0 Å². The van der Waals surface area contributed by atoms with Gasteiger partial charge >= 0.3 is 0 Å². The molecule has 0 saturated carbocycles. The van der Waals surface area contributed by atoms with Crippen molar-refractivity contribution in [2.45, 2.75) is 12.8 Å². The summed E-state index contributed by atoms with van der Waals surface area (Å²) in [5.74, 6) is 0.353. The quantitative estimate of drug-likeness (QED) is 0.798. The molecule has 0 aliphatic carbocycles. The van der Waals surface area contributed by atoms with Crippen LogP contribution in [-0.4, -0.2) is 25.7 Å². The van der Waals surface area contributed by atoms with E-state index in [1.807, 2.05) is 0 Å². The average molecular weight is 279 g/mol. The van der Waals surface area contributed by atoms with Gasteiger partial charge in [0.25, 0.3) is 0 Å². The number of rotatable bonds is 3. The van der Waals surface area contributed by atoms with Gasteiger partial charge in [-0.15, -0.1) is 11.3 Å². The molecule has 1 aromatic rings. The van der Waals surface area contributed by atoms with Crippen LogP contribution in [0.15, 0.2) is 12.1 Å². The maximum atomic E-state index is 11.8. The summed E-state index contributed by atoms with van der Waals surface area (Å²) in [7, 11) is -2.89. The van der Waals surface area contributed by atoms with Crippen LogP contribution in [0.5, 0.6) is 0 Å². The first kappa shape index (κ1) is 12.1. The Bertz CT molecular complexity index is 504. The van der Waals surface area contributed by atoms with Gasteiger partial charge in [-0.1, -0.05) is 11.6 Å². The summed E-state index contributed by atoms with van der Waals surface area (Å²) >= 11 is 6.98. The highest BCUT2D eigenvalue weighted by Gasteiger charge is 2.29. The average Bonchev–Trinajstić information content (AvgIpc) is 2.73. The molecule has 0 bridgehead atoms. The highest BCUT2D eigenvalue weighted by molar-refractivity contribution is 7.91. The van der Waals surface area contributed by atoms with Gasteiger partial charge in [0, 0.05) is 6.42 Å². The minimum absolute atomic E-state index is 0.000926. The Morgan fingerprint density at radius 2 is 2.25 bits per heavy atom. The standard InChI is InChI=1S/C10H11ClO3S2/c11-10-2-1-9(15-10)8(12)5-7-3-4-16(13,14)6-7/h1-2,7H,3-6H2. The van der Waals surface area contributed by atoms with Crippen molar-refractivity contribution >= 4 is 38.6 Å². The maximum absolute atomic E-state index is 11.8. The van der Waals surface area contributed by atoms with Crippen LogP contribution in [0, 0.1) is 5.92 Å². The van der Waals surface area contributed by atoms with Crippen LogP contribution in [0.2, 0.25) is 4.34 Å². The number of ketones is 1. The van der Waals surface area contributed by atoms with E-state index in [2.05, 4.69) is 0 Å². The number of carbonyl (C=O) groups is 1. The Hall–Kier alpha value is -0.390. The van der Waals surface area contributed by atoms with Crippen molar-refractivity contribution in [1.29, 1.82) is 0 Å². The molecule has 1 aromatic heterocycles. The van der Waals surface area contributed by atoms with Gasteiger partial charge in [0.05, 0.1) is 20.7 Å². The molecule has 2 heterocycles. The van der Waals surface area contributed by atoms with E-state index in [0.29, 0.717) is 22.1 Å². The van der Waals surface area contributed by atoms with Crippen LogP contribution in [0.4, 0.5) is 0 Å². The van der Waals surface area contributed by atoms with E-state index >= 15 is 0 Å². The van der Waals surface area contributed by atoms with Gasteiger partial charge in [0.2, 0.25) is 0 Å². The lowest BCUT2D eigenvalue weighted by Gasteiger charge is -2.04. The van der Waals surface area contributed by atoms with Crippen molar-refractivity contribution in [1.82, 2.24) is 0 Å². The third-order valence-electron chi connectivity index (χ3n) is 2.65. The Kier molecular flexibility index (Phi) is 3.37. The zero-order chi connectivity index (χ0) is 11.8. The molecule has 88 valence electrons. The number of halogens is 1. The first-order valence-electron chi connectivity index (χ1n) is 4.95. The lowest BCUT2D eigenvalue weighted by molar-refractivity contribution is 0.0969. The van der Waals surface area contributed by atoms with Crippen molar-refractivity contribution in [3.05, 3.63) is 21.3 Å². The monoisotopic (exact) mass is 278 g/mol. The molecule has 0 amide bonds. The predicted octanol–water partition coefficient (Wildman–Crippen LogP) is 2.41. The summed E-state index contributed by atoms with van der Waals surface area (Å²) in [5, 5.41) is 0. The van der Waals surface area contributed by atoms with E-state index in [4.69, 9.17) is 11.6 Å². The summed E-state index contributed by atoms with van der Waals surface area (Å²) in [6, 6.07) is 3.38. The summed E-state index contributed by atoms with van der Waals surface area (Å²) < 4.78 is 23.1. The van der Waals surface area contributed by atoms with E-state index in [1.165, 1.54) is 11.3 Å². The first-order valence-corrected chi connectivity index (χ1v) is 7.97. The lowest BCUT2D eigenvalue weighted by atomic mass is 10.0. The SMILES string of the molecule is O=C(CC1CCS(=O)(=O)C1)c1ccc(Cl)s1. The topological polar surface area (TPSA) is 51.2 Å². The molecule has 0 N–H and O–H groups in total. The minimum atomic E-state index is -2.89. The van der Waals surface area contributed by atoms with E-state index in [1.54, 1.807) is 12.1 Å². The molecule has 0 radical (unpaired) electrons. The molecular weight excluding hydrogens is 268 g/mol. The number of Topliss-reactive ketones (excluding diaryl/α,β-unsaturated/α-hetero) is 1. The number of hydrogen-bond acceptors (Lipinski definition) is 4. The summed E-state index contributed by atoms with van der Waals surface area (Å²) in [4.78, 5) is 12.4. The molecule has 16 heavy (non-hydrogen) atoms. The highest BCUT2D eigenvalue weighted by atomic mass is 35.5. The fraction of sp³-hybridized carbons (Fsp3) is 0.500. The molecule has 0 spiro atoms. The minimum Gasteiger partial charge on any atom is -0.293 e. The van der Waals surface area contributed by atoms with Gasteiger partial charge in [-0.25, -0.2) is 8.42 Å². The second kappa shape index (κ2) is 4.47. The summed E-state index contributed by atoms with van der Waals surface area (Å²) in [6.07, 6.45) is 0.920. The molecule has 1 fully saturated rings. The largest absolute Gasteiger partial charge is 0.293 e. The number of carbonyl (C=O) groups excluding carboxylic acids is 1. The van der Waals surface area contributed by atoms with Crippen LogP contribution in [0.1, 0.15) is 22.5 Å². The molecule has 1 atom stereocenters. The number of sulfone groups is 1. The Labute approximate surface area is 103 Å². The van der Waals surface area contributed by atoms with Crippen LogP contribution >= 0.6 is 22.9 Å². The summed E-state index contributed by atoms with van der Waals surface area (Å²) in [6.45, 7) is 0. The van der Waals surface area contributed by atoms with Crippen LogP contribution in [0.25, 0.3) is 0 Å². The third-order valence-corrected chi connectivity index (χ3v) is 5.76. The van der Waals surface area contributed by atoms with Crippen LogP contribution in [0.3, 0.4) is 0 Å². The molecule has 0 aromatic carbocycles. The lowest BCUT2D eigenvalue weighted by Crippen LogP contribution is -2.09. The third kappa shape index (κ3) is 2.84. The van der Waals surface area contributed by atoms with Gasteiger partial charge in [0.1, 0.15) is 0 Å². The Morgan fingerprint density at radius 1 is 1.50 bits per heavy atom. The van der Waals surface area contributed by atoms with Crippen molar-refractivity contribution in [2.24, 2.45) is 5.92 Å². The molecular formula is C10H11ClO3S2. The first-order chi connectivity index (χ1) is 7.46. The molecule has 3 nitrogen and oxygen atoms in total. The molecule has 1 saturated heterocycles. The smallest absolute Gasteiger partial charge is 0.173 e. The normalized spacial score (nSPS) is 23.4. The Morgan fingerprint density at radius 3 is 2.75 bits per heavy atom. The van der Waals surface area contributed by atoms with E-state index < -0.39 is 9.84 Å². The van der Waals surface area contributed by atoms with Crippen molar-refractivity contribution in [3.63, 3.8) is 0 Å². The number of hydrogen-bond donors (Lipinski definition) is 0. The molecule has 1 aliphatic heterocycles. The van der Waals surface area contributed by atoms with Gasteiger partial charge in [-0.2, -0.15) is 0 Å². The second-order valence-electron chi connectivity index (χ2n) is 4.00. The van der Waals surface area contributed by atoms with E-state index in [9.17, 15) is 13.2 Å². The predicted molar refractivity (Wildman–Crippen MR) is 65.0 cm³/mol. The fourth-order valence-electron chi connectivity index (χ4n) is 1.86. The van der Waals surface area contributed by atoms with Gasteiger partial charge in [0.15, 0.2) is 15.6 Å². The van der Waals surface area contributed by atoms with Crippen LogP contribution in [-0.2, 0) is 9.84 Å². The van der Waals surface area contributed by atoms with Gasteiger partial charge in [-0.05, 0) is 24.5 Å². The highest BCUT2D eigenvalue weighted by Crippen LogP contribution is 2.27. The van der Waals surface area contributed by atoms with E-state index in [-0.39, 0.29) is 23.2 Å². The maximum Gasteiger partial charge on any atom is 0.173 e. The van der Waals surface area contributed by atoms with Crippen LogP contribution < -0.4 is 0 Å². The molecule has 6 heteroatoms. The fourth-order valence-corrected chi connectivity index (χ4v) is 4.71. The second-order valence-corrected chi connectivity index (χ2v) is 7.94. The number of thiophene rings is 1. The molecule has 1 aliphatic rings. The summed E-state index contributed by atoms with van der Waals surface area (Å²) in [5.41, 5.74) is 0. The molecule has 2 rings (SSSR count). The molecule has 1 unspecified atom stereocenters. The van der Waals surface area contributed by atoms with Crippen molar-refractivity contribution in [2.75, 3.05) is 11.5 Å². The van der Waals surface area contributed by atoms with Crippen molar-refractivity contribution < 1.29 is 13.2 Å². The zero-order valence-corrected chi connectivity index (χ0v) is 10.9. The Balaban J connectivity index is 1.99. The zero-order valence-electron chi connectivity index (χ0n) is 8.48.